The van der Waals surface area contributed by atoms with Crippen molar-refractivity contribution in [1.82, 2.24) is 0 Å². The molecule has 0 bridgehead atoms. The molecule has 2 aromatic rings. The SMILES string of the molecule is Cc1ccc(N=Nc2cc(C)cc(Br)c2O)c(C)c1. The fourth-order valence-electron chi connectivity index (χ4n) is 1.82. The van der Waals surface area contributed by atoms with Crippen LogP contribution in [0.15, 0.2) is 45.0 Å². The van der Waals surface area contributed by atoms with Gasteiger partial charge in [0.2, 0.25) is 0 Å². The van der Waals surface area contributed by atoms with Crippen molar-refractivity contribution in [3.05, 3.63) is 51.5 Å². The molecule has 0 aliphatic heterocycles. The first-order valence-electron chi connectivity index (χ1n) is 5.95. The predicted octanol–water partition coefficient (Wildman–Crippen LogP) is 5.50. The molecular formula is C15H15BrN2O. The zero-order valence-corrected chi connectivity index (χ0v) is 12.7. The minimum absolute atomic E-state index is 0.110. The van der Waals surface area contributed by atoms with E-state index in [1.165, 1.54) is 5.56 Å². The van der Waals surface area contributed by atoms with Gasteiger partial charge in [-0.05, 0) is 66.0 Å². The summed E-state index contributed by atoms with van der Waals surface area (Å²) in [6.07, 6.45) is 0. The third kappa shape index (κ3) is 3.20. The molecule has 0 fully saturated rings. The Balaban J connectivity index is 2.38. The van der Waals surface area contributed by atoms with Crippen LogP contribution in [0.4, 0.5) is 11.4 Å². The third-order valence-corrected chi connectivity index (χ3v) is 3.41. The zero-order valence-electron chi connectivity index (χ0n) is 11.1. The summed E-state index contributed by atoms with van der Waals surface area (Å²) in [4.78, 5) is 0. The van der Waals surface area contributed by atoms with E-state index in [1.807, 2.05) is 39.0 Å². The number of benzene rings is 2. The number of hydrogen-bond donors (Lipinski definition) is 1. The predicted molar refractivity (Wildman–Crippen MR) is 80.6 cm³/mol. The maximum Gasteiger partial charge on any atom is 0.157 e. The molecule has 0 saturated carbocycles. The van der Waals surface area contributed by atoms with E-state index in [0.717, 1.165) is 16.8 Å². The molecule has 0 unspecified atom stereocenters. The highest BCUT2D eigenvalue weighted by Gasteiger charge is 2.06. The summed E-state index contributed by atoms with van der Waals surface area (Å²) in [5, 5.41) is 18.3. The van der Waals surface area contributed by atoms with Crippen molar-refractivity contribution in [1.29, 1.82) is 0 Å². The second-order valence-corrected chi connectivity index (χ2v) is 5.46. The van der Waals surface area contributed by atoms with E-state index >= 15 is 0 Å². The van der Waals surface area contributed by atoms with Crippen molar-refractivity contribution in [2.24, 2.45) is 10.2 Å². The maximum absolute atomic E-state index is 9.91. The smallest absolute Gasteiger partial charge is 0.157 e. The van der Waals surface area contributed by atoms with Crippen molar-refractivity contribution >= 4 is 27.3 Å². The molecule has 0 aromatic heterocycles. The molecule has 0 heterocycles. The molecule has 3 nitrogen and oxygen atoms in total. The quantitative estimate of drug-likeness (QED) is 0.730. The van der Waals surface area contributed by atoms with Crippen LogP contribution in [0.3, 0.4) is 0 Å². The molecule has 0 amide bonds. The van der Waals surface area contributed by atoms with Crippen LogP contribution in [-0.4, -0.2) is 5.11 Å². The Hall–Kier alpha value is -1.68. The molecule has 1 N–H and O–H groups in total. The first-order valence-corrected chi connectivity index (χ1v) is 6.75. The normalized spacial score (nSPS) is 11.2. The number of rotatable bonds is 2. The lowest BCUT2D eigenvalue weighted by molar-refractivity contribution is 0.473. The van der Waals surface area contributed by atoms with Gasteiger partial charge < -0.3 is 5.11 Å². The van der Waals surface area contributed by atoms with E-state index in [1.54, 1.807) is 6.07 Å². The van der Waals surface area contributed by atoms with Crippen molar-refractivity contribution < 1.29 is 5.11 Å². The van der Waals surface area contributed by atoms with Crippen LogP contribution in [0, 0.1) is 20.8 Å². The highest BCUT2D eigenvalue weighted by atomic mass is 79.9. The second-order valence-electron chi connectivity index (χ2n) is 4.60. The summed E-state index contributed by atoms with van der Waals surface area (Å²) >= 11 is 3.30. The molecule has 0 saturated heterocycles. The Morgan fingerprint density at radius 1 is 0.895 bits per heavy atom. The monoisotopic (exact) mass is 318 g/mol. The number of phenols is 1. The fraction of sp³-hybridized carbons (Fsp3) is 0.200. The van der Waals surface area contributed by atoms with Crippen molar-refractivity contribution in [2.75, 3.05) is 0 Å². The van der Waals surface area contributed by atoms with Gasteiger partial charge in [0.25, 0.3) is 0 Å². The summed E-state index contributed by atoms with van der Waals surface area (Å²) in [5.41, 5.74) is 4.54. The number of halogens is 1. The number of nitrogens with zero attached hydrogens (tertiary/aromatic N) is 2. The zero-order chi connectivity index (χ0) is 14.0. The maximum atomic E-state index is 9.91. The van der Waals surface area contributed by atoms with Gasteiger partial charge in [-0.3, -0.25) is 0 Å². The van der Waals surface area contributed by atoms with Crippen LogP contribution in [-0.2, 0) is 0 Å². The summed E-state index contributed by atoms with van der Waals surface area (Å²) in [7, 11) is 0. The minimum Gasteiger partial charge on any atom is -0.505 e. The Morgan fingerprint density at radius 2 is 1.58 bits per heavy atom. The number of aromatic hydroxyl groups is 1. The Bertz CT molecular complexity index is 651. The summed E-state index contributed by atoms with van der Waals surface area (Å²) in [6, 6.07) is 9.61. The Labute approximate surface area is 121 Å². The Morgan fingerprint density at radius 3 is 2.26 bits per heavy atom. The van der Waals surface area contributed by atoms with Gasteiger partial charge in [-0.1, -0.05) is 17.7 Å². The van der Waals surface area contributed by atoms with E-state index in [0.29, 0.717) is 10.2 Å². The number of hydrogen-bond acceptors (Lipinski definition) is 3. The number of aryl methyl sites for hydroxylation is 3. The van der Waals surface area contributed by atoms with Gasteiger partial charge in [-0.15, -0.1) is 5.11 Å². The number of azo groups is 1. The topological polar surface area (TPSA) is 45.0 Å². The number of phenolic OH excluding ortho intramolecular Hbond substituents is 1. The van der Waals surface area contributed by atoms with Crippen LogP contribution in [0.5, 0.6) is 5.75 Å². The summed E-state index contributed by atoms with van der Waals surface area (Å²) in [6.45, 7) is 5.98. The van der Waals surface area contributed by atoms with E-state index in [2.05, 4.69) is 32.2 Å². The standard InChI is InChI=1S/C15H15BrN2O/c1-9-4-5-13(11(3)6-9)17-18-14-8-10(2)7-12(16)15(14)19/h4-8,19H,1-3H3. The molecule has 4 heteroatoms. The van der Waals surface area contributed by atoms with E-state index in [4.69, 9.17) is 0 Å². The Kier molecular flexibility index (Phi) is 4.00. The molecule has 0 radical (unpaired) electrons. The van der Waals surface area contributed by atoms with Crippen molar-refractivity contribution in [2.45, 2.75) is 20.8 Å². The van der Waals surface area contributed by atoms with Gasteiger partial charge in [-0.25, -0.2) is 0 Å². The van der Waals surface area contributed by atoms with Crippen LogP contribution >= 0.6 is 15.9 Å². The van der Waals surface area contributed by atoms with Gasteiger partial charge in [0.05, 0.1) is 10.2 Å². The molecule has 0 spiro atoms. The van der Waals surface area contributed by atoms with Gasteiger partial charge in [0.15, 0.2) is 5.75 Å². The third-order valence-electron chi connectivity index (χ3n) is 2.81. The van der Waals surface area contributed by atoms with Crippen molar-refractivity contribution in [3.8, 4) is 5.75 Å². The van der Waals surface area contributed by atoms with E-state index in [-0.39, 0.29) is 5.75 Å². The lowest BCUT2D eigenvalue weighted by atomic mass is 10.1. The van der Waals surface area contributed by atoms with Crippen LogP contribution < -0.4 is 0 Å². The molecule has 2 rings (SSSR count). The van der Waals surface area contributed by atoms with Crippen LogP contribution in [0.1, 0.15) is 16.7 Å². The summed E-state index contributed by atoms with van der Waals surface area (Å²) < 4.78 is 0.627. The largest absolute Gasteiger partial charge is 0.505 e. The lowest BCUT2D eigenvalue weighted by Gasteiger charge is -2.03. The van der Waals surface area contributed by atoms with E-state index < -0.39 is 0 Å². The van der Waals surface area contributed by atoms with Gasteiger partial charge in [0.1, 0.15) is 5.69 Å². The molecule has 2 aromatic carbocycles. The molecule has 0 aliphatic carbocycles. The second kappa shape index (κ2) is 5.53. The van der Waals surface area contributed by atoms with Gasteiger partial charge >= 0.3 is 0 Å². The van der Waals surface area contributed by atoms with Gasteiger partial charge in [-0.2, -0.15) is 5.11 Å². The van der Waals surface area contributed by atoms with E-state index in [9.17, 15) is 5.11 Å². The first-order chi connectivity index (χ1) is 8.97. The van der Waals surface area contributed by atoms with Crippen molar-refractivity contribution in [3.63, 3.8) is 0 Å². The molecule has 98 valence electrons. The molecule has 0 aliphatic rings. The fourth-order valence-corrected chi connectivity index (χ4v) is 2.38. The molecule has 0 atom stereocenters. The first kappa shape index (κ1) is 13.7. The molecular weight excluding hydrogens is 304 g/mol. The van der Waals surface area contributed by atoms with Gasteiger partial charge in [0, 0.05) is 0 Å². The highest BCUT2D eigenvalue weighted by Crippen LogP contribution is 2.36. The van der Waals surface area contributed by atoms with Crippen LogP contribution in [0.2, 0.25) is 0 Å². The van der Waals surface area contributed by atoms with Crippen LogP contribution in [0.25, 0.3) is 0 Å². The average molecular weight is 319 g/mol. The summed E-state index contributed by atoms with van der Waals surface area (Å²) in [5.74, 6) is 0.110. The molecule has 19 heavy (non-hydrogen) atoms. The minimum atomic E-state index is 0.110. The lowest BCUT2D eigenvalue weighted by Crippen LogP contribution is -1.78. The average Bonchev–Trinajstić information content (AvgIpc) is 2.33. The highest BCUT2D eigenvalue weighted by molar-refractivity contribution is 9.10.